The molecule has 0 N–H and O–H groups in total. The van der Waals surface area contributed by atoms with Crippen molar-refractivity contribution in [2.75, 3.05) is 13.1 Å². The molecule has 0 aliphatic carbocycles. The average Bonchev–Trinajstić information content (AvgIpc) is 3.06. The van der Waals surface area contributed by atoms with E-state index in [0.717, 1.165) is 18.4 Å². The zero-order chi connectivity index (χ0) is 19.7. The third kappa shape index (κ3) is 3.76. The molecular weight excluding hydrogens is 379 g/mol. The molecule has 0 radical (unpaired) electrons. The first-order valence-corrected chi connectivity index (χ1v) is 9.98. The number of likely N-dealkylation sites (tertiary alicyclic amines) is 2. The van der Waals surface area contributed by atoms with Gasteiger partial charge in [-0.2, -0.15) is 0 Å². The van der Waals surface area contributed by atoms with Crippen molar-refractivity contribution in [3.63, 3.8) is 0 Å². The number of fused-ring (bicyclic) bond motifs is 1. The van der Waals surface area contributed by atoms with Crippen LogP contribution in [0, 0.1) is 11.7 Å². The lowest BCUT2D eigenvalue weighted by Crippen LogP contribution is -2.43. The molecule has 6 heteroatoms. The molecule has 0 saturated carbocycles. The van der Waals surface area contributed by atoms with Gasteiger partial charge in [-0.15, -0.1) is 0 Å². The summed E-state index contributed by atoms with van der Waals surface area (Å²) in [4.78, 5) is 29.4. The highest BCUT2D eigenvalue weighted by Gasteiger charge is 2.41. The topological polar surface area (TPSA) is 40.6 Å². The molecule has 2 saturated heterocycles. The van der Waals surface area contributed by atoms with Crippen molar-refractivity contribution in [1.29, 1.82) is 0 Å². The summed E-state index contributed by atoms with van der Waals surface area (Å²) in [6, 6.07) is 14.0. The van der Waals surface area contributed by atoms with Crippen LogP contribution in [0.15, 0.2) is 48.5 Å². The number of carbonyl (C=O) groups is 2. The highest BCUT2D eigenvalue weighted by atomic mass is 35.5. The standard InChI is InChI=1S/C22H22ClFN2O2/c23-18-11-16(9-10-19(18)24)22(28)25-13-17-7-4-8-21(27)26(20(17)14-25)12-15-5-2-1-3-6-15/h1-3,5-6,9-11,17,20H,4,7-8,12-14H2/t17-,20+/m1/s1. The van der Waals surface area contributed by atoms with Crippen LogP contribution in [0.1, 0.15) is 35.2 Å². The summed E-state index contributed by atoms with van der Waals surface area (Å²) >= 11 is 5.84. The largest absolute Gasteiger partial charge is 0.336 e. The van der Waals surface area contributed by atoms with Gasteiger partial charge in [0.15, 0.2) is 0 Å². The van der Waals surface area contributed by atoms with Gasteiger partial charge in [-0.3, -0.25) is 9.59 Å². The predicted octanol–water partition coefficient (Wildman–Crippen LogP) is 4.13. The molecule has 2 atom stereocenters. The fourth-order valence-corrected chi connectivity index (χ4v) is 4.48. The monoisotopic (exact) mass is 400 g/mol. The zero-order valence-electron chi connectivity index (χ0n) is 15.5. The van der Waals surface area contributed by atoms with Crippen LogP contribution < -0.4 is 0 Å². The molecule has 4 rings (SSSR count). The minimum atomic E-state index is -0.538. The maximum absolute atomic E-state index is 13.4. The van der Waals surface area contributed by atoms with E-state index in [1.165, 1.54) is 18.2 Å². The Bertz CT molecular complexity index is 889. The molecule has 2 aromatic carbocycles. The Kier molecular flexibility index (Phi) is 5.36. The Morgan fingerprint density at radius 1 is 1.14 bits per heavy atom. The molecule has 2 heterocycles. The number of benzene rings is 2. The van der Waals surface area contributed by atoms with E-state index in [4.69, 9.17) is 11.6 Å². The van der Waals surface area contributed by atoms with Crippen LogP contribution in [-0.4, -0.2) is 40.7 Å². The van der Waals surface area contributed by atoms with Gasteiger partial charge in [-0.25, -0.2) is 4.39 Å². The molecule has 2 amide bonds. The molecule has 28 heavy (non-hydrogen) atoms. The van der Waals surface area contributed by atoms with Crippen LogP contribution in [0.4, 0.5) is 4.39 Å². The van der Waals surface area contributed by atoms with Gasteiger partial charge in [0.2, 0.25) is 5.91 Å². The highest BCUT2D eigenvalue weighted by molar-refractivity contribution is 6.31. The molecule has 0 unspecified atom stereocenters. The van der Waals surface area contributed by atoms with Crippen molar-refractivity contribution in [2.45, 2.75) is 31.8 Å². The van der Waals surface area contributed by atoms with Crippen LogP contribution in [0.3, 0.4) is 0 Å². The highest BCUT2D eigenvalue weighted by Crippen LogP contribution is 2.32. The second-order valence-electron chi connectivity index (χ2n) is 7.57. The first-order chi connectivity index (χ1) is 13.5. The average molecular weight is 401 g/mol. The molecule has 2 fully saturated rings. The van der Waals surface area contributed by atoms with Crippen molar-refractivity contribution >= 4 is 23.4 Å². The van der Waals surface area contributed by atoms with Crippen LogP contribution in [0.5, 0.6) is 0 Å². The molecule has 0 aromatic heterocycles. The Labute approximate surface area is 168 Å². The summed E-state index contributed by atoms with van der Waals surface area (Å²) in [6.07, 6.45) is 2.33. The Morgan fingerprint density at radius 2 is 1.93 bits per heavy atom. The van der Waals surface area contributed by atoms with E-state index in [9.17, 15) is 14.0 Å². The summed E-state index contributed by atoms with van der Waals surface area (Å²) in [5.74, 6) is -0.294. The van der Waals surface area contributed by atoms with Crippen molar-refractivity contribution in [3.05, 3.63) is 70.5 Å². The van der Waals surface area contributed by atoms with E-state index in [2.05, 4.69) is 0 Å². The Morgan fingerprint density at radius 3 is 2.68 bits per heavy atom. The van der Waals surface area contributed by atoms with E-state index >= 15 is 0 Å². The smallest absolute Gasteiger partial charge is 0.253 e. The summed E-state index contributed by atoms with van der Waals surface area (Å²) in [5, 5.41) is -0.0554. The molecule has 2 aliphatic heterocycles. The number of hydrogen-bond acceptors (Lipinski definition) is 2. The maximum Gasteiger partial charge on any atom is 0.253 e. The van der Waals surface area contributed by atoms with Gasteiger partial charge in [0.05, 0.1) is 11.1 Å². The van der Waals surface area contributed by atoms with Gasteiger partial charge in [-0.05, 0) is 42.5 Å². The molecule has 0 spiro atoms. The van der Waals surface area contributed by atoms with Crippen molar-refractivity contribution in [3.8, 4) is 0 Å². The molecule has 2 aromatic rings. The predicted molar refractivity (Wildman–Crippen MR) is 105 cm³/mol. The van der Waals surface area contributed by atoms with Gasteiger partial charge < -0.3 is 9.80 Å². The van der Waals surface area contributed by atoms with E-state index in [1.54, 1.807) is 4.90 Å². The van der Waals surface area contributed by atoms with Gasteiger partial charge in [0.25, 0.3) is 5.91 Å². The zero-order valence-corrected chi connectivity index (χ0v) is 16.2. The molecule has 4 nitrogen and oxygen atoms in total. The van der Waals surface area contributed by atoms with E-state index in [1.807, 2.05) is 35.2 Å². The lowest BCUT2D eigenvalue weighted by atomic mass is 9.98. The lowest BCUT2D eigenvalue weighted by Gasteiger charge is -2.30. The van der Waals surface area contributed by atoms with Gasteiger partial charge in [-0.1, -0.05) is 41.9 Å². The van der Waals surface area contributed by atoms with Crippen LogP contribution in [0.2, 0.25) is 5.02 Å². The Hall–Kier alpha value is -2.40. The molecule has 146 valence electrons. The van der Waals surface area contributed by atoms with E-state index in [0.29, 0.717) is 31.6 Å². The molecule has 2 aliphatic rings. The summed E-state index contributed by atoms with van der Waals surface area (Å²) in [7, 11) is 0. The number of hydrogen-bond donors (Lipinski definition) is 0. The van der Waals surface area contributed by atoms with Crippen molar-refractivity contribution in [2.24, 2.45) is 5.92 Å². The second-order valence-corrected chi connectivity index (χ2v) is 7.97. The summed E-state index contributed by atoms with van der Waals surface area (Å²) in [5.41, 5.74) is 1.47. The third-order valence-electron chi connectivity index (χ3n) is 5.74. The fraction of sp³-hybridized carbons (Fsp3) is 0.364. The van der Waals surface area contributed by atoms with Gasteiger partial charge >= 0.3 is 0 Å². The normalized spacial score (nSPS) is 22.1. The summed E-state index contributed by atoms with van der Waals surface area (Å²) in [6.45, 7) is 1.67. The summed E-state index contributed by atoms with van der Waals surface area (Å²) < 4.78 is 13.4. The minimum Gasteiger partial charge on any atom is -0.336 e. The lowest BCUT2D eigenvalue weighted by molar-refractivity contribution is -0.133. The number of carbonyl (C=O) groups excluding carboxylic acids is 2. The van der Waals surface area contributed by atoms with Gasteiger partial charge in [0, 0.05) is 31.6 Å². The third-order valence-corrected chi connectivity index (χ3v) is 6.03. The Balaban J connectivity index is 1.55. The van der Waals surface area contributed by atoms with Crippen molar-refractivity contribution in [1.82, 2.24) is 9.80 Å². The number of nitrogens with zero attached hydrogens (tertiary/aromatic N) is 2. The van der Waals surface area contributed by atoms with Crippen molar-refractivity contribution < 1.29 is 14.0 Å². The van der Waals surface area contributed by atoms with Crippen LogP contribution in [0.25, 0.3) is 0 Å². The van der Waals surface area contributed by atoms with Crippen LogP contribution in [-0.2, 0) is 11.3 Å². The fourth-order valence-electron chi connectivity index (χ4n) is 4.30. The first-order valence-electron chi connectivity index (χ1n) is 9.60. The minimum absolute atomic E-state index is 0.00933. The number of rotatable bonds is 3. The van der Waals surface area contributed by atoms with Gasteiger partial charge in [0.1, 0.15) is 5.82 Å². The van der Waals surface area contributed by atoms with E-state index < -0.39 is 5.82 Å². The number of amides is 2. The van der Waals surface area contributed by atoms with E-state index in [-0.39, 0.29) is 28.8 Å². The molecule has 0 bridgehead atoms. The first kappa shape index (κ1) is 18.9. The number of halogens is 2. The SMILES string of the molecule is O=C(c1ccc(F)c(Cl)c1)N1C[C@H]2CCCC(=O)N(Cc3ccccc3)[C@H]2C1. The second kappa shape index (κ2) is 7.92. The molecular formula is C22H22ClFN2O2. The van der Waals surface area contributed by atoms with Crippen LogP contribution >= 0.6 is 11.6 Å². The quantitative estimate of drug-likeness (QED) is 0.777. The maximum atomic E-state index is 13.4.